The molecule has 82 valence electrons. The zero-order chi connectivity index (χ0) is 11.7. The lowest BCUT2D eigenvalue weighted by molar-refractivity contribution is 0.0662. The van der Waals surface area contributed by atoms with Crippen LogP contribution in [0.5, 0.6) is 0 Å². The van der Waals surface area contributed by atoms with Gasteiger partial charge in [0.2, 0.25) is 11.7 Å². The molecule has 2 rings (SSSR count). The predicted octanol–water partition coefficient (Wildman–Crippen LogP) is 2.49. The van der Waals surface area contributed by atoms with Crippen LogP contribution in [0.4, 0.5) is 4.39 Å². The number of aryl methyl sites for hydroxylation is 1. The van der Waals surface area contributed by atoms with Gasteiger partial charge in [-0.3, -0.25) is 0 Å². The molecule has 1 aromatic heterocycles. The van der Waals surface area contributed by atoms with Crippen molar-refractivity contribution in [1.29, 1.82) is 0 Å². The molecule has 1 aromatic carbocycles. The molecule has 0 radical (unpaired) electrons. The van der Waals surface area contributed by atoms with Gasteiger partial charge in [-0.25, -0.2) is 14.2 Å². The van der Waals surface area contributed by atoms with E-state index in [2.05, 4.69) is 4.98 Å². The maximum Gasteiger partial charge on any atom is 0.373 e. The standard InChI is InChI=1S/C11H8FNO3/c1-6-9(11(14)15)16-10(13-6)7-4-2-3-5-8(7)12/h2-5H,1H3,(H,14,15). The average molecular weight is 221 g/mol. The fraction of sp³-hybridized carbons (Fsp3) is 0.0909. The molecule has 0 aliphatic rings. The van der Waals surface area contributed by atoms with Crippen LogP contribution >= 0.6 is 0 Å². The number of halogens is 1. The number of hydrogen-bond acceptors (Lipinski definition) is 3. The highest BCUT2D eigenvalue weighted by Crippen LogP contribution is 2.24. The van der Waals surface area contributed by atoms with E-state index in [-0.39, 0.29) is 22.9 Å². The van der Waals surface area contributed by atoms with Gasteiger partial charge in [0.05, 0.1) is 11.3 Å². The van der Waals surface area contributed by atoms with Crippen LogP contribution in [0, 0.1) is 12.7 Å². The van der Waals surface area contributed by atoms with Crippen molar-refractivity contribution in [3.63, 3.8) is 0 Å². The summed E-state index contributed by atoms with van der Waals surface area (Å²) in [5.41, 5.74) is 0.379. The Labute approximate surface area is 90.4 Å². The van der Waals surface area contributed by atoms with Crippen LogP contribution in [-0.4, -0.2) is 16.1 Å². The minimum atomic E-state index is -1.22. The highest BCUT2D eigenvalue weighted by molar-refractivity contribution is 5.86. The molecular formula is C11H8FNO3. The monoisotopic (exact) mass is 221 g/mol. The van der Waals surface area contributed by atoms with E-state index >= 15 is 0 Å². The van der Waals surface area contributed by atoms with E-state index < -0.39 is 11.8 Å². The molecule has 1 N–H and O–H groups in total. The van der Waals surface area contributed by atoms with Crippen LogP contribution in [0.1, 0.15) is 16.2 Å². The van der Waals surface area contributed by atoms with Gasteiger partial charge in [0.15, 0.2) is 0 Å². The van der Waals surface area contributed by atoms with Crippen LogP contribution in [0.2, 0.25) is 0 Å². The molecular weight excluding hydrogens is 213 g/mol. The summed E-state index contributed by atoms with van der Waals surface area (Å²) in [5, 5.41) is 8.77. The summed E-state index contributed by atoms with van der Waals surface area (Å²) in [6.45, 7) is 1.50. The first-order valence-corrected chi connectivity index (χ1v) is 4.55. The molecule has 2 aromatic rings. The van der Waals surface area contributed by atoms with Gasteiger partial charge < -0.3 is 9.52 Å². The number of carboxylic acid groups (broad SMARTS) is 1. The van der Waals surface area contributed by atoms with Gasteiger partial charge in [-0.05, 0) is 19.1 Å². The van der Waals surface area contributed by atoms with Gasteiger partial charge >= 0.3 is 5.97 Å². The van der Waals surface area contributed by atoms with E-state index in [1.165, 1.54) is 25.1 Å². The Morgan fingerprint density at radius 3 is 2.69 bits per heavy atom. The highest BCUT2D eigenvalue weighted by Gasteiger charge is 2.18. The van der Waals surface area contributed by atoms with E-state index in [0.717, 1.165) is 0 Å². The minimum absolute atomic E-state index is 0.0204. The number of benzene rings is 1. The molecule has 0 saturated heterocycles. The van der Waals surface area contributed by atoms with Crippen LogP contribution in [0.3, 0.4) is 0 Å². The lowest BCUT2D eigenvalue weighted by Crippen LogP contribution is -1.95. The topological polar surface area (TPSA) is 63.3 Å². The Balaban J connectivity index is 2.54. The Bertz CT molecular complexity index is 548. The van der Waals surface area contributed by atoms with Gasteiger partial charge in [0.25, 0.3) is 0 Å². The van der Waals surface area contributed by atoms with E-state index in [1.54, 1.807) is 6.07 Å². The second-order valence-electron chi connectivity index (χ2n) is 3.22. The first kappa shape index (κ1) is 10.4. The summed E-state index contributed by atoms with van der Waals surface area (Å²) in [5.74, 6) is -2.00. The van der Waals surface area contributed by atoms with Gasteiger partial charge in [0, 0.05) is 0 Å². The number of carbonyl (C=O) groups is 1. The number of aromatic carboxylic acids is 1. The van der Waals surface area contributed by atoms with Crippen molar-refractivity contribution in [3.05, 3.63) is 41.5 Å². The Morgan fingerprint density at radius 2 is 2.12 bits per heavy atom. The summed E-state index contributed by atoms with van der Waals surface area (Å²) >= 11 is 0. The normalized spacial score (nSPS) is 10.4. The van der Waals surface area contributed by atoms with Crippen LogP contribution < -0.4 is 0 Å². The number of nitrogens with zero attached hydrogens (tertiary/aromatic N) is 1. The van der Waals surface area contributed by atoms with E-state index in [4.69, 9.17) is 9.52 Å². The molecule has 0 amide bonds. The third kappa shape index (κ3) is 1.67. The lowest BCUT2D eigenvalue weighted by atomic mass is 10.2. The van der Waals surface area contributed by atoms with Gasteiger partial charge in [-0.15, -0.1) is 0 Å². The zero-order valence-corrected chi connectivity index (χ0v) is 8.40. The number of carboxylic acids is 1. The minimum Gasteiger partial charge on any atom is -0.475 e. The zero-order valence-electron chi connectivity index (χ0n) is 8.40. The van der Waals surface area contributed by atoms with Gasteiger partial charge in [-0.1, -0.05) is 12.1 Å². The Morgan fingerprint density at radius 1 is 1.44 bits per heavy atom. The lowest BCUT2D eigenvalue weighted by Gasteiger charge is -1.95. The highest BCUT2D eigenvalue weighted by atomic mass is 19.1. The molecule has 1 heterocycles. The molecule has 5 heteroatoms. The van der Waals surface area contributed by atoms with Crippen molar-refractivity contribution in [2.45, 2.75) is 6.92 Å². The van der Waals surface area contributed by atoms with Crippen molar-refractivity contribution in [3.8, 4) is 11.5 Å². The summed E-state index contributed by atoms with van der Waals surface area (Å²) in [7, 11) is 0. The van der Waals surface area contributed by atoms with E-state index in [9.17, 15) is 9.18 Å². The maximum absolute atomic E-state index is 13.4. The third-order valence-corrected chi connectivity index (χ3v) is 2.10. The molecule has 0 bridgehead atoms. The smallest absolute Gasteiger partial charge is 0.373 e. The molecule has 16 heavy (non-hydrogen) atoms. The second-order valence-corrected chi connectivity index (χ2v) is 3.22. The van der Waals surface area contributed by atoms with Crippen molar-refractivity contribution in [1.82, 2.24) is 4.98 Å². The summed E-state index contributed by atoms with van der Waals surface area (Å²) in [6.07, 6.45) is 0. The number of hydrogen-bond donors (Lipinski definition) is 1. The molecule has 0 saturated carbocycles. The quantitative estimate of drug-likeness (QED) is 0.846. The number of aromatic nitrogens is 1. The van der Waals surface area contributed by atoms with E-state index in [1.807, 2.05) is 0 Å². The van der Waals surface area contributed by atoms with Crippen molar-refractivity contribution in [2.24, 2.45) is 0 Å². The molecule has 0 aliphatic heterocycles. The Kier molecular flexibility index (Phi) is 2.44. The Hall–Kier alpha value is -2.17. The van der Waals surface area contributed by atoms with Crippen LogP contribution in [-0.2, 0) is 0 Å². The fourth-order valence-electron chi connectivity index (χ4n) is 1.34. The van der Waals surface area contributed by atoms with Crippen molar-refractivity contribution in [2.75, 3.05) is 0 Å². The SMILES string of the molecule is Cc1nc(-c2ccccc2F)oc1C(=O)O. The molecule has 0 aliphatic carbocycles. The molecule has 0 fully saturated rings. The van der Waals surface area contributed by atoms with E-state index in [0.29, 0.717) is 0 Å². The maximum atomic E-state index is 13.4. The van der Waals surface area contributed by atoms with Crippen LogP contribution in [0.15, 0.2) is 28.7 Å². The molecule has 0 atom stereocenters. The van der Waals surface area contributed by atoms with Crippen molar-refractivity contribution >= 4 is 5.97 Å². The average Bonchev–Trinajstić information content (AvgIpc) is 2.61. The van der Waals surface area contributed by atoms with Gasteiger partial charge in [0.1, 0.15) is 5.82 Å². The van der Waals surface area contributed by atoms with Crippen molar-refractivity contribution < 1.29 is 18.7 Å². The molecule has 0 spiro atoms. The van der Waals surface area contributed by atoms with Gasteiger partial charge in [-0.2, -0.15) is 0 Å². The first-order chi connectivity index (χ1) is 7.59. The van der Waals surface area contributed by atoms with Crippen LogP contribution in [0.25, 0.3) is 11.5 Å². The second kappa shape index (κ2) is 3.77. The number of oxazole rings is 1. The number of rotatable bonds is 2. The largest absolute Gasteiger partial charge is 0.475 e. The summed E-state index contributed by atoms with van der Waals surface area (Å²) in [6, 6.07) is 5.90. The third-order valence-electron chi connectivity index (χ3n) is 2.10. The fourth-order valence-corrected chi connectivity index (χ4v) is 1.34. The molecule has 4 nitrogen and oxygen atoms in total. The predicted molar refractivity (Wildman–Crippen MR) is 53.6 cm³/mol. The summed E-state index contributed by atoms with van der Waals surface area (Å²) < 4.78 is 18.4. The molecule has 0 unspecified atom stereocenters. The summed E-state index contributed by atoms with van der Waals surface area (Å²) in [4.78, 5) is 14.6. The first-order valence-electron chi connectivity index (χ1n) is 4.55.